The molecule has 1 N–H and O–H groups in total. The van der Waals surface area contributed by atoms with Crippen LogP contribution in [0.1, 0.15) is 35.5 Å². The summed E-state index contributed by atoms with van der Waals surface area (Å²) in [5, 5.41) is 10.3. The molecule has 6 nitrogen and oxygen atoms in total. The molecule has 8 heteroatoms. The maximum atomic E-state index is 13.9. The van der Waals surface area contributed by atoms with Gasteiger partial charge in [0.25, 0.3) is 5.91 Å². The molecule has 0 bridgehead atoms. The highest BCUT2D eigenvalue weighted by molar-refractivity contribution is 7.13. The van der Waals surface area contributed by atoms with E-state index in [0.717, 1.165) is 28.1 Å². The lowest BCUT2D eigenvalue weighted by Crippen LogP contribution is -2.64. The predicted molar refractivity (Wildman–Crippen MR) is 140 cm³/mol. The minimum atomic E-state index is -1.18. The Morgan fingerprint density at radius 2 is 1.83 bits per heavy atom. The Morgan fingerprint density at radius 1 is 1.11 bits per heavy atom. The Labute approximate surface area is 213 Å². The molecule has 0 aliphatic carbocycles. The average Bonchev–Trinajstić information content (AvgIpc) is 3.54. The number of carbonyl (C=O) groups excluding carboxylic acids is 2. The zero-order valence-electron chi connectivity index (χ0n) is 19.5. The summed E-state index contributed by atoms with van der Waals surface area (Å²) in [7, 11) is 0. The molecule has 0 unspecified atom stereocenters. The fourth-order valence-corrected chi connectivity index (χ4v) is 5.19. The van der Waals surface area contributed by atoms with Crippen molar-refractivity contribution < 1.29 is 9.59 Å². The van der Waals surface area contributed by atoms with Crippen LogP contribution in [0.25, 0.3) is 10.6 Å². The van der Waals surface area contributed by atoms with Crippen LogP contribution >= 0.6 is 22.9 Å². The molecule has 35 heavy (non-hydrogen) atoms. The molecule has 1 aliphatic heterocycles. The van der Waals surface area contributed by atoms with Gasteiger partial charge in [-0.1, -0.05) is 48.9 Å². The number of nitrogens with zero attached hydrogens (tertiary/aromatic N) is 3. The van der Waals surface area contributed by atoms with E-state index in [0.29, 0.717) is 22.9 Å². The number of amides is 2. The van der Waals surface area contributed by atoms with E-state index in [1.165, 1.54) is 0 Å². The van der Waals surface area contributed by atoms with Gasteiger partial charge in [-0.2, -0.15) is 5.10 Å². The molecule has 2 aromatic heterocycles. The summed E-state index contributed by atoms with van der Waals surface area (Å²) in [6, 6.07) is 20.9. The van der Waals surface area contributed by atoms with Crippen molar-refractivity contribution in [2.75, 3.05) is 4.90 Å². The second-order valence-corrected chi connectivity index (χ2v) is 10.2. The summed E-state index contributed by atoms with van der Waals surface area (Å²) >= 11 is 7.55. The van der Waals surface area contributed by atoms with Gasteiger partial charge < -0.3 is 5.32 Å². The van der Waals surface area contributed by atoms with Crippen LogP contribution in [0, 0.1) is 0 Å². The first-order chi connectivity index (χ1) is 16.9. The molecule has 0 radical (unpaired) electrons. The van der Waals surface area contributed by atoms with Gasteiger partial charge in [-0.05, 0) is 66.2 Å². The van der Waals surface area contributed by atoms with E-state index in [9.17, 15) is 9.59 Å². The zero-order valence-corrected chi connectivity index (χ0v) is 21.1. The van der Waals surface area contributed by atoms with Gasteiger partial charge in [-0.15, -0.1) is 11.3 Å². The molecule has 2 amide bonds. The van der Waals surface area contributed by atoms with Gasteiger partial charge >= 0.3 is 0 Å². The molecule has 0 spiro atoms. The van der Waals surface area contributed by atoms with Gasteiger partial charge in [0.05, 0.1) is 11.4 Å². The molecule has 1 aliphatic rings. The van der Waals surface area contributed by atoms with Crippen LogP contribution in [0.5, 0.6) is 0 Å². The molecule has 0 saturated heterocycles. The number of halogens is 1. The van der Waals surface area contributed by atoms with E-state index in [1.54, 1.807) is 40.0 Å². The minimum absolute atomic E-state index is 0.238. The lowest BCUT2D eigenvalue weighted by atomic mass is 9.93. The van der Waals surface area contributed by atoms with Crippen molar-refractivity contribution in [3.05, 3.63) is 94.0 Å². The van der Waals surface area contributed by atoms with E-state index in [-0.39, 0.29) is 18.4 Å². The van der Waals surface area contributed by atoms with Crippen LogP contribution in [-0.4, -0.2) is 27.1 Å². The Hall–Kier alpha value is -3.42. The first-order valence-corrected chi connectivity index (χ1v) is 12.7. The highest BCUT2D eigenvalue weighted by atomic mass is 35.5. The lowest BCUT2D eigenvalue weighted by molar-refractivity contribution is -0.126. The number of fused-ring (bicyclic) bond motifs is 1. The number of hydrogen-bond donors (Lipinski definition) is 1. The number of nitrogens with one attached hydrogen (secondary N) is 1. The number of aromatic nitrogens is 2. The summed E-state index contributed by atoms with van der Waals surface area (Å²) in [4.78, 5) is 30.1. The first-order valence-electron chi connectivity index (χ1n) is 11.5. The fourth-order valence-electron chi connectivity index (χ4n) is 4.39. The zero-order chi connectivity index (χ0) is 24.6. The highest BCUT2D eigenvalue weighted by Gasteiger charge is 2.48. The monoisotopic (exact) mass is 504 g/mol. The number of rotatable bonds is 6. The maximum Gasteiger partial charge on any atom is 0.277 e. The normalized spacial score (nSPS) is 17.3. The average molecular weight is 505 g/mol. The number of aryl methyl sites for hydroxylation is 1. The Balaban J connectivity index is 1.52. The van der Waals surface area contributed by atoms with E-state index in [4.69, 9.17) is 11.6 Å². The summed E-state index contributed by atoms with van der Waals surface area (Å²) in [6.45, 7) is 4.45. The van der Waals surface area contributed by atoms with E-state index < -0.39 is 5.54 Å². The predicted octanol–water partition coefficient (Wildman–Crippen LogP) is 5.56. The van der Waals surface area contributed by atoms with Gasteiger partial charge in [0.1, 0.15) is 16.9 Å². The molecule has 0 saturated carbocycles. The van der Waals surface area contributed by atoms with Gasteiger partial charge in [0.2, 0.25) is 5.91 Å². The fraction of sp³-hybridized carbons (Fsp3) is 0.222. The smallest absolute Gasteiger partial charge is 0.277 e. The van der Waals surface area contributed by atoms with Crippen molar-refractivity contribution in [2.24, 2.45) is 0 Å². The third kappa shape index (κ3) is 4.37. The Kier molecular flexibility index (Phi) is 6.21. The summed E-state index contributed by atoms with van der Waals surface area (Å²) < 4.78 is 1.66. The number of benzene rings is 2. The molecule has 1 atom stereocenters. The summed E-state index contributed by atoms with van der Waals surface area (Å²) in [5.74, 6) is -0.501. The maximum absolute atomic E-state index is 13.9. The molecule has 2 aromatic carbocycles. The SMILES string of the molecule is CCc1ccc(N2C(=O)c3cc(-c4cccs4)nn3C[C@]2(C)C(=O)NCc2ccc(Cl)cc2)cc1. The van der Waals surface area contributed by atoms with Crippen LogP contribution in [-0.2, 0) is 24.3 Å². The molecule has 3 heterocycles. The minimum Gasteiger partial charge on any atom is -0.350 e. The Bertz CT molecular complexity index is 1360. The molecule has 5 rings (SSSR count). The van der Waals surface area contributed by atoms with Crippen molar-refractivity contribution in [3.8, 4) is 10.6 Å². The molecule has 0 fully saturated rings. The number of thiophene rings is 1. The van der Waals surface area contributed by atoms with Crippen LogP contribution in [0.4, 0.5) is 5.69 Å². The van der Waals surface area contributed by atoms with Crippen molar-refractivity contribution in [2.45, 2.75) is 38.9 Å². The topological polar surface area (TPSA) is 67.2 Å². The van der Waals surface area contributed by atoms with Crippen LogP contribution in [0.3, 0.4) is 0 Å². The number of anilines is 1. The van der Waals surface area contributed by atoms with E-state index in [2.05, 4.69) is 17.3 Å². The first kappa shape index (κ1) is 23.3. The second-order valence-electron chi connectivity index (χ2n) is 8.79. The summed E-state index contributed by atoms with van der Waals surface area (Å²) in [6.07, 6.45) is 0.893. The molecular weight excluding hydrogens is 480 g/mol. The Morgan fingerprint density at radius 3 is 2.49 bits per heavy atom. The lowest BCUT2D eigenvalue weighted by Gasteiger charge is -2.43. The van der Waals surface area contributed by atoms with Gasteiger partial charge in [0.15, 0.2) is 0 Å². The molecular formula is C27H25ClN4O2S. The second kappa shape index (κ2) is 9.32. The largest absolute Gasteiger partial charge is 0.350 e. The standard InChI is InChI=1S/C27H25ClN4O2S/c1-3-18-8-12-21(13-9-18)32-25(33)23-15-22(24-5-4-14-35-24)30-31(23)17-27(32,2)26(34)29-16-19-6-10-20(28)11-7-19/h4-15H,3,16-17H2,1-2H3,(H,29,34)/t27-/m1/s1. The van der Waals surface area contributed by atoms with Crippen LogP contribution < -0.4 is 10.2 Å². The van der Waals surface area contributed by atoms with Crippen molar-refractivity contribution in [3.63, 3.8) is 0 Å². The van der Waals surface area contributed by atoms with Crippen LogP contribution in [0.15, 0.2) is 72.1 Å². The highest BCUT2D eigenvalue weighted by Crippen LogP contribution is 2.35. The van der Waals surface area contributed by atoms with Gasteiger partial charge in [0, 0.05) is 17.3 Å². The quantitative estimate of drug-likeness (QED) is 0.373. The van der Waals surface area contributed by atoms with Crippen molar-refractivity contribution >= 4 is 40.4 Å². The van der Waals surface area contributed by atoms with Crippen molar-refractivity contribution in [1.29, 1.82) is 0 Å². The number of hydrogen-bond acceptors (Lipinski definition) is 4. The van der Waals surface area contributed by atoms with Crippen molar-refractivity contribution in [1.82, 2.24) is 15.1 Å². The molecule has 4 aromatic rings. The van der Waals surface area contributed by atoms with E-state index in [1.807, 2.05) is 60.0 Å². The van der Waals surface area contributed by atoms with Gasteiger partial charge in [-0.3, -0.25) is 19.2 Å². The third-order valence-electron chi connectivity index (χ3n) is 6.39. The molecule has 178 valence electrons. The summed E-state index contributed by atoms with van der Waals surface area (Å²) in [5.41, 5.74) is 2.79. The van der Waals surface area contributed by atoms with Crippen LogP contribution in [0.2, 0.25) is 5.02 Å². The number of carbonyl (C=O) groups is 2. The van der Waals surface area contributed by atoms with E-state index >= 15 is 0 Å². The third-order valence-corrected chi connectivity index (χ3v) is 7.53. The van der Waals surface area contributed by atoms with Gasteiger partial charge in [-0.25, -0.2) is 0 Å².